The second-order valence-corrected chi connectivity index (χ2v) is 9.57. The average Bonchev–Trinajstić information content (AvgIpc) is 3.13. The average molecular weight is 438 g/mol. The first kappa shape index (κ1) is 21.3. The van der Waals surface area contributed by atoms with Crippen LogP contribution < -0.4 is 10.0 Å². The van der Waals surface area contributed by atoms with E-state index >= 15 is 0 Å². The summed E-state index contributed by atoms with van der Waals surface area (Å²) in [6.07, 6.45) is 3.32. The predicted octanol–water partition coefficient (Wildman–Crippen LogP) is 2.49. The van der Waals surface area contributed by atoms with E-state index < -0.39 is 21.9 Å². The first-order valence-electron chi connectivity index (χ1n) is 9.37. The quantitative estimate of drug-likeness (QED) is 0.583. The van der Waals surface area contributed by atoms with Crippen LogP contribution in [0.3, 0.4) is 0 Å². The summed E-state index contributed by atoms with van der Waals surface area (Å²) < 4.78 is 27.1. The van der Waals surface area contributed by atoms with E-state index in [4.69, 9.17) is 0 Å². The molecule has 1 amide bonds. The van der Waals surface area contributed by atoms with Crippen molar-refractivity contribution in [2.75, 3.05) is 11.3 Å². The van der Waals surface area contributed by atoms with Crippen molar-refractivity contribution in [1.29, 1.82) is 0 Å². The van der Waals surface area contributed by atoms with Crippen molar-refractivity contribution in [3.63, 3.8) is 0 Å². The monoisotopic (exact) mass is 437 g/mol. The van der Waals surface area contributed by atoms with E-state index in [1.165, 1.54) is 12.1 Å². The highest BCUT2D eigenvalue weighted by atomic mass is 32.2. The Balaban J connectivity index is 1.53. The molecule has 3 rings (SSSR count). The van der Waals surface area contributed by atoms with Crippen molar-refractivity contribution in [2.45, 2.75) is 37.0 Å². The van der Waals surface area contributed by atoms with Gasteiger partial charge in [0.25, 0.3) is 10.0 Å². The van der Waals surface area contributed by atoms with Crippen LogP contribution in [0.4, 0.5) is 5.13 Å². The molecule has 1 aromatic heterocycles. The van der Waals surface area contributed by atoms with Gasteiger partial charge in [-0.25, -0.2) is 13.4 Å². The lowest BCUT2D eigenvalue weighted by Crippen LogP contribution is -2.37. The molecule has 0 spiro atoms. The van der Waals surface area contributed by atoms with Gasteiger partial charge >= 0.3 is 5.97 Å². The zero-order valence-corrected chi connectivity index (χ0v) is 17.3. The van der Waals surface area contributed by atoms with Crippen LogP contribution in [-0.4, -0.2) is 36.9 Å². The minimum absolute atomic E-state index is 0.00796. The van der Waals surface area contributed by atoms with Crippen LogP contribution in [0.1, 0.15) is 31.4 Å². The summed E-state index contributed by atoms with van der Waals surface area (Å²) in [6.45, 7) is 0.327. The normalized spacial score (nSPS) is 19.4. The summed E-state index contributed by atoms with van der Waals surface area (Å²) >= 11 is 1.10. The minimum Gasteiger partial charge on any atom is -0.481 e. The van der Waals surface area contributed by atoms with Gasteiger partial charge in [-0.1, -0.05) is 31.0 Å². The molecule has 0 radical (unpaired) electrons. The fourth-order valence-corrected chi connectivity index (χ4v) is 5.44. The van der Waals surface area contributed by atoms with Gasteiger partial charge in [0.2, 0.25) is 5.91 Å². The molecule has 1 saturated carbocycles. The molecule has 1 heterocycles. The molecule has 0 unspecified atom stereocenters. The molecule has 1 aromatic carbocycles. The van der Waals surface area contributed by atoms with Gasteiger partial charge in [-0.05, 0) is 30.9 Å². The van der Waals surface area contributed by atoms with Gasteiger partial charge in [0, 0.05) is 11.9 Å². The smallest absolute Gasteiger partial charge is 0.306 e. The van der Waals surface area contributed by atoms with E-state index in [0.717, 1.165) is 30.6 Å². The van der Waals surface area contributed by atoms with E-state index in [1.807, 2.05) is 0 Å². The molecule has 1 aliphatic rings. The Kier molecular flexibility index (Phi) is 6.86. The Morgan fingerprint density at radius 1 is 1.17 bits per heavy atom. The molecule has 3 N–H and O–H groups in total. The first-order valence-corrected chi connectivity index (χ1v) is 11.7. The first-order chi connectivity index (χ1) is 13.8. The SMILES string of the molecule is O=C(Cc1csc(NS(=O)(=O)c2ccccc2)n1)NC[C@@H]1CCCC[C@@H]1C(=O)O. The summed E-state index contributed by atoms with van der Waals surface area (Å²) in [4.78, 5) is 27.9. The van der Waals surface area contributed by atoms with Crippen LogP contribution in [0.5, 0.6) is 0 Å². The van der Waals surface area contributed by atoms with E-state index in [2.05, 4.69) is 15.0 Å². The third kappa shape index (κ3) is 5.77. The number of aromatic nitrogens is 1. The number of benzene rings is 1. The molecular formula is C19H23N3O5S2. The maximum absolute atomic E-state index is 12.3. The fraction of sp³-hybridized carbons (Fsp3) is 0.421. The molecule has 2 aromatic rings. The summed E-state index contributed by atoms with van der Waals surface area (Å²) in [5.41, 5.74) is 0.455. The van der Waals surface area contributed by atoms with Crippen molar-refractivity contribution >= 4 is 38.4 Å². The van der Waals surface area contributed by atoms with Crippen LogP contribution in [0, 0.1) is 11.8 Å². The number of carbonyl (C=O) groups is 2. The number of nitrogens with zero attached hydrogens (tertiary/aromatic N) is 1. The number of sulfonamides is 1. The van der Waals surface area contributed by atoms with E-state index in [-0.39, 0.29) is 28.3 Å². The third-order valence-corrected chi connectivity index (χ3v) is 7.25. The molecule has 8 nitrogen and oxygen atoms in total. The molecule has 2 atom stereocenters. The zero-order chi connectivity index (χ0) is 20.9. The Hall–Kier alpha value is -2.46. The van der Waals surface area contributed by atoms with Gasteiger partial charge < -0.3 is 10.4 Å². The van der Waals surface area contributed by atoms with Crippen LogP contribution in [0.15, 0.2) is 40.6 Å². The highest BCUT2D eigenvalue weighted by Gasteiger charge is 2.30. The van der Waals surface area contributed by atoms with Crippen molar-refractivity contribution in [3.8, 4) is 0 Å². The molecule has 0 aliphatic heterocycles. The number of carboxylic acid groups (broad SMARTS) is 1. The molecule has 29 heavy (non-hydrogen) atoms. The van der Waals surface area contributed by atoms with Crippen molar-refractivity contribution < 1.29 is 23.1 Å². The predicted molar refractivity (Wildman–Crippen MR) is 109 cm³/mol. The number of nitrogens with one attached hydrogen (secondary N) is 2. The molecule has 1 aliphatic carbocycles. The number of hydrogen-bond acceptors (Lipinski definition) is 6. The highest BCUT2D eigenvalue weighted by Crippen LogP contribution is 2.29. The van der Waals surface area contributed by atoms with Crippen molar-refractivity contribution in [2.24, 2.45) is 11.8 Å². The number of anilines is 1. The topological polar surface area (TPSA) is 125 Å². The highest BCUT2D eigenvalue weighted by molar-refractivity contribution is 7.93. The molecule has 10 heteroatoms. The standard InChI is InChI=1S/C19H23N3O5S2/c23-17(20-11-13-6-4-5-9-16(13)18(24)25)10-14-12-28-19(21-14)22-29(26,27)15-7-2-1-3-8-15/h1-3,7-8,12-13,16H,4-6,9-11H2,(H,20,23)(H,21,22)(H,24,25)/t13-,16-/m0/s1. The summed E-state index contributed by atoms with van der Waals surface area (Å²) in [7, 11) is -3.73. The van der Waals surface area contributed by atoms with Crippen LogP contribution in [0.2, 0.25) is 0 Å². The Labute approximate surface area is 173 Å². The molecule has 0 saturated heterocycles. The molecule has 1 fully saturated rings. The maximum atomic E-state index is 12.3. The number of carbonyl (C=O) groups excluding carboxylic acids is 1. The van der Waals surface area contributed by atoms with Gasteiger partial charge in [-0.2, -0.15) is 0 Å². The van der Waals surface area contributed by atoms with E-state index in [0.29, 0.717) is 18.7 Å². The van der Waals surface area contributed by atoms with Gasteiger partial charge in [0.05, 0.1) is 22.9 Å². The van der Waals surface area contributed by atoms with Gasteiger partial charge in [0.15, 0.2) is 5.13 Å². The number of thiazole rings is 1. The Morgan fingerprint density at radius 3 is 2.62 bits per heavy atom. The van der Waals surface area contributed by atoms with Gasteiger partial charge in [-0.3, -0.25) is 14.3 Å². The second-order valence-electron chi connectivity index (χ2n) is 7.03. The lowest BCUT2D eigenvalue weighted by atomic mass is 9.79. The Bertz CT molecular complexity index is 959. The minimum atomic E-state index is -3.73. The van der Waals surface area contributed by atoms with E-state index in [1.54, 1.807) is 23.6 Å². The number of amides is 1. The van der Waals surface area contributed by atoms with Crippen molar-refractivity contribution in [3.05, 3.63) is 41.4 Å². The maximum Gasteiger partial charge on any atom is 0.306 e. The fourth-order valence-electron chi connectivity index (χ4n) is 3.46. The zero-order valence-electron chi connectivity index (χ0n) is 15.7. The third-order valence-electron chi connectivity index (χ3n) is 4.96. The number of carboxylic acids is 1. The lowest BCUT2D eigenvalue weighted by Gasteiger charge is -2.28. The summed E-state index contributed by atoms with van der Waals surface area (Å²) in [6, 6.07) is 7.96. The van der Waals surface area contributed by atoms with E-state index in [9.17, 15) is 23.1 Å². The summed E-state index contributed by atoms with van der Waals surface area (Å²) in [5.74, 6) is -1.54. The number of aliphatic carboxylic acids is 1. The largest absolute Gasteiger partial charge is 0.481 e. The molecule has 156 valence electrons. The van der Waals surface area contributed by atoms with Crippen molar-refractivity contribution in [1.82, 2.24) is 10.3 Å². The lowest BCUT2D eigenvalue weighted by molar-refractivity contribution is -0.145. The van der Waals surface area contributed by atoms with Crippen LogP contribution in [0.25, 0.3) is 0 Å². The van der Waals surface area contributed by atoms with Gasteiger partial charge in [-0.15, -0.1) is 11.3 Å². The number of rotatable bonds is 8. The Morgan fingerprint density at radius 2 is 1.90 bits per heavy atom. The second kappa shape index (κ2) is 9.36. The molecular weight excluding hydrogens is 414 g/mol. The van der Waals surface area contributed by atoms with Gasteiger partial charge in [0.1, 0.15) is 0 Å². The van der Waals surface area contributed by atoms with Crippen LogP contribution in [-0.2, 0) is 26.0 Å². The number of hydrogen-bond donors (Lipinski definition) is 3. The summed E-state index contributed by atoms with van der Waals surface area (Å²) in [5, 5.41) is 13.9. The van der Waals surface area contributed by atoms with Crippen LogP contribution >= 0.6 is 11.3 Å². The molecule has 0 bridgehead atoms.